The van der Waals surface area contributed by atoms with Gasteiger partial charge in [0.1, 0.15) is 5.78 Å². The number of ketones is 2. The molecule has 1 saturated carbocycles. The van der Waals surface area contributed by atoms with Crippen LogP contribution >= 0.6 is 0 Å². The third-order valence-electron chi connectivity index (χ3n) is 6.05. The van der Waals surface area contributed by atoms with E-state index in [2.05, 4.69) is 24.0 Å². The number of carbonyl (C=O) groups is 2. The summed E-state index contributed by atoms with van der Waals surface area (Å²) in [5.74, 6) is 0.558. The maximum absolute atomic E-state index is 12.8. The summed E-state index contributed by atoms with van der Waals surface area (Å²) in [6.07, 6.45) is 3.12. The van der Waals surface area contributed by atoms with Crippen molar-refractivity contribution >= 4 is 28.3 Å². The van der Waals surface area contributed by atoms with E-state index in [0.717, 1.165) is 35.7 Å². The highest BCUT2D eigenvalue weighted by Crippen LogP contribution is 2.30. The molecule has 0 spiro atoms. The van der Waals surface area contributed by atoms with E-state index < -0.39 is 6.04 Å². The molecule has 0 amide bonds. The minimum Gasteiger partial charge on any atom is -0.371 e. The molecule has 1 unspecified atom stereocenters. The van der Waals surface area contributed by atoms with E-state index >= 15 is 0 Å². The van der Waals surface area contributed by atoms with Crippen molar-refractivity contribution in [2.24, 2.45) is 13.0 Å². The third kappa shape index (κ3) is 2.68. The highest BCUT2D eigenvalue weighted by Gasteiger charge is 2.31. The Labute approximate surface area is 152 Å². The van der Waals surface area contributed by atoms with Crippen LogP contribution < -0.4 is 10.6 Å². The van der Waals surface area contributed by atoms with Crippen LogP contribution in [0.1, 0.15) is 45.1 Å². The average molecular weight is 355 g/mol. The van der Waals surface area contributed by atoms with Crippen molar-refractivity contribution in [1.82, 2.24) is 9.13 Å². The van der Waals surface area contributed by atoms with Gasteiger partial charge in [0, 0.05) is 32.2 Å². The first-order chi connectivity index (χ1) is 12.5. The number of hydrogen-bond donors (Lipinski definition) is 0. The summed E-state index contributed by atoms with van der Waals surface area (Å²) in [5.41, 5.74) is 2.57. The van der Waals surface area contributed by atoms with Crippen molar-refractivity contribution in [3.8, 4) is 0 Å². The van der Waals surface area contributed by atoms with E-state index in [9.17, 15) is 14.4 Å². The summed E-state index contributed by atoms with van der Waals surface area (Å²) >= 11 is 0. The van der Waals surface area contributed by atoms with Crippen molar-refractivity contribution in [3.05, 3.63) is 28.7 Å². The third-order valence-corrected chi connectivity index (χ3v) is 6.05. The lowest BCUT2D eigenvalue weighted by atomic mass is 9.93. The Morgan fingerprint density at radius 1 is 1.12 bits per heavy atom. The lowest BCUT2D eigenvalue weighted by Gasteiger charge is -2.21. The molecule has 138 valence electrons. The molecular formula is C20H25N3O3. The number of Topliss-reactive ketones (excluding diaryl/α,β-unsaturated/α-hetero) is 2. The molecule has 4 rings (SSSR count). The molecule has 1 aromatic carbocycles. The van der Waals surface area contributed by atoms with Crippen LogP contribution in [0.4, 0.5) is 5.69 Å². The molecular weight excluding hydrogens is 330 g/mol. The second kappa shape index (κ2) is 6.41. The van der Waals surface area contributed by atoms with E-state index in [4.69, 9.17) is 0 Å². The van der Waals surface area contributed by atoms with Gasteiger partial charge in [-0.15, -0.1) is 0 Å². The van der Waals surface area contributed by atoms with Crippen LogP contribution in [0.15, 0.2) is 23.0 Å². The summed E-state index contributed by atoms with van der Waals surface area (Å²) in [5, 5.41) is 0. The van der Waals surface area contributed by atoms with Gasteiger partial charge in [0.05, 0.1) is 23.5 Å². The molecule has 1 aliphatic heterocycles. The molecule has 1 aromatic heterocycles. The van der Waals surface area contributed by atoms with E-state index in [-0.39, 0.29) is 23.7 Å². The van der Waals surface area contributed by atoms with Crippen LogP contribution in [0.25, 0.3) is 11.0 Å². The predicted molar refractivity (Wildman–Crippen MR) is 101 cm³/mol. The minimum absolute atomic E-state index is 0.0265. The fourth-order valence-corrected chi connectivity index (χ4v) is 4.38. The lowest BCUT2D eigenvalue weighted by molar-refractivity contribution is -0.132. The van der Waals surface area contributed by atoms with Crippen LogP contribution in [0.5, 0.6) is 0 Å². The molecule has 2 heterocycles. The van der Waals surface area contributed by atoms with Gasteiger partial charge in [-0.1, -0.05) is 13.3 Å². The molecule has 0 bridgehead atoms. The SMILES string of the molecule is CC[C@@H]1CCN(c2ccc3c(c2)n(C)c(=O)n3C2CCC(=O)CC2=O)C1. The minimum atomic E-state index is -0.522. The topological polar surface area (TPSA) is 64.3 Å². The summed E-state index contributed by atoms with van der Waals surface area (Å²) in [6.45, 7) is 4.33. The first kappa shape index (κ1) is 17.1. The summed E-state index contributed by atoms with van der Waals surface area (Å²) in [4.78, 5) is 39.1. The first-order valence-electron chi connectivity index (χ1n) is 9.50. The molecule has 1 saturated heterocycles. The van der Waals surface area contributed by atoms with Crippen LogP contribution in [0.3, 0.4) is 0 Å². The van der Waals surface area contributed by atoms with Crippen LogP contribution in [0, 0.1) is 5.92 Å². The highest BCUT2D eigenvalue weighted by molar-refractivity contribution is 6.03. The Morgan fingerprint density at radius 2 is 1.92 bits per heavy atom. The second-order valence-corrected chi connectivity index (χ2v) is 7.63. The lowest BCUT2D eigenvalue weighted by Crippen LogP contribution is -2.34. The molecule has 2 fully saturated rings. The molecule has 0 N–H and O–H groups in total. The Bertz CT molecular complexity index is 940. The monoisotopic (exact) mass is 355 g/mol. The number of fused-ring (bicyclic) bond motifs is 1. The summed E-state index contributed by atoms with van der Waals surface area (Å²) in [7, 11) is 1.75. The quantitative estimate of drug-likeness (QED) is 0.794. The van der Waals surface area contributed by atoms with Gasteiger partial charge in [0.15, 0.2) is 5.78 Å². The smallest absolute Gasteiger partial charge is 0.329 e. The molecule has 1 aliphatic carbocycles. The number of imidazole rings is 1. The van der Waals surface area contributed by atoms with Gasteiger partial charge in [-0.25, -0.2) is 4.79 Å². The number of anilines is 1. The van der Waals surface area contributed by atoms with E-state index in [1.807, 2.05) is 6.07 Å². The molecule has 2 aliphatic rings. The van der Waals surface area contributed by atoms with Gasteiger partial charge < -0.3 is 4.90 Å². The van der Waals surface area contributed by atoms with Crippen molar-refractivity contribution in [3.63, 3.8) is 0 Å². The fraction of sp³-hybridized carbons (Fsp3) is 0.550. The number of carbonyl (C=O) groups excluding carboxylic acids is 2. The van der Waals surface area contributed by atoms with Crippen LogP contribution in [0.2, 0.25) is 0 Å². The van der Waals surface area contributed by atoms with Gasteiger partial charge in [0.2, 0.25) is 0 Å². The predicted octanol–water partition coefficient (Wildman–Crippen LogP) is 2.44. The van der Waals surface area contributed by atoms with Gasteiger partial charge >= 0.3 is 5.69 Å². The number of rotatable bonds is 3. The molecule has 2 aromatic rings. The number of aryl methyl sites for hydroxylation is 1. The van der Waals surface area contributed by atoms with E-state index in [1.165, 1.54) is 12.8 Å². The van der Waals surface area contributed by atoms with Crippen LogP contribution in [-0.2, 0) is 16.6 Å². The normalized spacial score (nSPS) is 24.0. The van der Waals surface area contributed by atoms with Crippen molar-refractivity contribution in [1.29, 1.82) is 0 Å². The maximum Gasteiger partial charge on any atom is 0.329 e. The Hall–Kier alpha value is -2.37. The summed E-state index contributed by atoms with van der Waals surface area (Å²) < 4.78 is 3.21. The molecule has 6 nitrogen and oxygen atoms in total. The Morgan fingerprint density at radius 3 is 2.62 bits per heavy atom. The second-order valence-electron chi connectivity index (χ2n) is 7.63. The van der Waals surface area contributed by atoms with Crippen molar-refractivity contribution < 1.29 is 9.59 Å². The largest absolute Gasteiger partial charge is 0.371 e. The zero-order chi connectivity index (χ0) is 18.4. The van der Waals surface area contributed by atoms with Gasteiger partial charge in [-0.2, -0.15) is 0 Å². The molecule has 0 radical (unpaired) electrons. The number of nitrogens with zero attached hydrogens (tertiary/aromatic N) is 3. The van der Waals surface area contributed by atoms with Gasteiger partial charge in [-0.05, 0) is 37.0 Å². The van der Waals surface area contributed by atoms with Gasteiger partial charge in [0.25, 0.3) is 0 Å². The number of benzene rings is 1. The van der Waals surface area contributed by atoms with E-state index in [1.54, 1.807) is 16.2 Å². The Balaban J connectivity index is 1.75. The van der Waals surface area contributed by atoms with Gasteiger partial charge in [-0.3, -0.25) is 18.7 Å². The van der Waals surface area contributed by atoms with Crippen LogP contribution in [-0.4, -0.2) is 33.8 Å². The van der Waals surface area contributed by atoms with Crippen molar-refractivity contribution in [2.75, 3.05) is 18.0 Å². The Kier molecular flexibility index (Phi) is 4.21. The zero-order valence-electron chi connectivity index (χ0n) is 15.4. The maximum atomic E-state index is 12.8. The summed E-state index contributed by atoms with van der Waals surface area (Å²) in [6, 6.07) is 5.54. The molecule has 2 atom stereocenters. The standard InChI is InChI=1S/C20H25N3O3/c1-3-13-8-9-22(12-13)14-4-6-16-18(10-14)21(2)20(26)23(16)17-7-5-15(24)11-19(17)25/h4,6,10,13,17H,3,5,7-9,11-12H2,1-2H3/t13-,17?/m1/s1. The number of aromatic nitrogens is 2. The fourth-order valence-electron chi connectivity index (χ4n) is 4.38. The molecule has 26 heavy (non-hydrogen) atoms. The molecule has 6 heteroatoms. The first-order valence-corrected chi connectivity index (χ1v) is 9.50. The zero-order valence-corrected chi connectivity index (χ0v) is 15.4. The highest BCUT2D eigenvalue weighted by atomic mass is 16.2. The number of hydrogen-bond acceptors (Lipinski definition) is 4. The average Bonchev–Trinajstić information content (AvgIpc) is 3.20. The van der Waals surface area contributed by atoms with E-state index in [0.29, 0.717) is 12.8 Å². The van der Waals surface area contributed by atoms with Crippen molar-refractivity contribution in [2.45, 2.75) is 45.1 Å².